The maximum absolute atomic E-state index is 11.3. The van der Waals surface area contributed by atoms with Gasteiger partial charge in [0, 0.05) is 25.2 Å². The van der Waals surface area contributed by atoms with Crippen molar-refractivity contribution < 1.29 is 4.79 Å². The van der Waals surface area contributed by atoms with Crippen LogP contribution >= 0.6 is 0 Å². The summed E-state index contributed by atoms with van der Waals surface area (Å²) >= 11 is 0. The van der Waals surface area contributed by atoms with Gasteiger partial charge in [-0.15, -0.1) is 0 Å². The molecular weight excluding hydrogens is 240 g/mol. The number of rotatable bonds is 6. The lowest BCUT2D eigenvalue weighted by Gasteiger charge is -2.00. The van der Waals surface area contributed by atoms with Gasteiger partial charge in [-0.3, -0.25) is 9.48 Å². The van der Waals surface area contributed by atoms with Crippen LogP contribution in [-0.4, -0.2) is 27.1 Å². The third kappa shape index (κ3) is 3.48. The van der Waals surface area contributed by atoms with E-state index in [1.165, 1.54) is 6.92 Å². The molecule has 2 heterocycles. The zero-order valence-electron chi connectivity index (χ0n) is 11.0. The topological polar surface area (TPSA) is 73.8 Å². The van der Waals surface area contributed by atoms with Crippen molar-refractivity contribution in [1.82, 2.24) is 14.8 Å². The summed E-state index contributed by atoms with van der Waals surface area (Å²) in [7, 11) is 0. The summed E-state index contributed by atoms with van der Waals surface area (Å²) in [5, 5.41) is 4.29. The molecule has 2 aromatic heterocycles. The quantitative estimate of drug-likeness (QED) is 0.634. The Kier molecular flexibility index (Phi) is 4.41. The fourth-order valence-corrected chi connectivity index (χ4v) is 1.83. The van der Waals surface area contributed by atoms with Gasteiger partial charge >= 0.3 is 0 Å². The maximum Gasteiger partial charge on any atom is 0.178 e. The Balaban J connectivity index is 2.13. The standard InChI is InChI=1S/C14H18N4O/c1-11(19)13-5-4-6-14(17-13)12-9-16-18(10-12)8-3-2-7-15/h4-6,9-10H,2-3,7-8,15H2,1H3. The molecule has 19 heavy (non-hydrogen) atoms. The summed E-state index contributed by atoms with van der Waals surface area (Å²) in [5.74, 6) is -0.0304. The normalized spacial score (nSPS) is 10.6. The molecule has 0 saturated carbocycles. The molecule has 0 aliphatic carbocycles. The van der Waals surface area contributed by atoms with Crippen molar-refractivity contribution in [3.8, 4) is 11.3 Å². The number of aryl methyl sites for hydroxylation is 1. The van der Waals surface area contributed by atoms with Crippen LogP contribution in [0.2, 0.25) is 0 Å². The number of hydrogen-bond donors (Lipinski definition) is 1. The summed E-state index contributed by atoms with van der Waals surface area (Å²) in [5.41, 5.74) is 7.64. The predicted octanol–water partition coefficient (Wildman–Crippen LogP) is 1.89. The van der Waals surface area contributed by atoms with Gasteiger partial charge in [-0.05, 0) is 31.5 Å². The number of Topliss-reactive ketones (excluding diaryl/α,β-unsaturated/α-hetero) is 1. The van der Waals surface area contributed by atoms with Gasteiger partial charge in [0.2, 0.25) is 0 Å². The Morgan fingerprint density at radius 3 is 2.95 bits per heavy atom. The second-order valence-electron chi connectivity index (χ2n) is 4.45. The van der Waals surface area contributed by atoms with Gasteiger partial charge in [0.05, 0.1) is 11.9 Å². The molecule has 0 aromatic carbocycles. The van der Waals surface area contributed by atoms with E-state index in [0.29, 0.717) is 12.2 Å². The van der Waals surface area contributed by atoms with Crippen molar-refractivity contribution in [2.45, 2.75) is 26.3 Å². The summed E-state index contributed by atoms with van der Waals surface area (Å²) in [4.78, 5) is 15.6. The van der Waals surface area contributed by atoms with Crippen LogP contribution in [0.5, 0.6) is 0 Å². The Hall–Kier alpha value is -2.01. The van der Waals surface area contributed by atoms with Gasteiger partial charge in [0.15, 0.2) is 5.78 Å². The molecule has 5 heteroatoms. The summed E-state index contributed by atoms with van der Waals surface area (Å²) in [6, 6.07) is 5.44. The van der Waals surface area contributed by atoms with Gasteiger partial charge in [0.25, 0.3) is 0 Å². The van der Waals surface area contributed by atoms with Gasteiger partial charge < -0.3 is 5.73 Å². The first-order chi connectivity index (χ1) is 9.20. The first-order valence-corrected chi connectivity index (χ1v) is 6.41. The molecule has 0 bridgehead atoms. The minimum absolute atomic E-state index is 0.0304. The molecule has 0 spiro atoms. The van der Waals surface area contributed by atoms with Crippen LogP contribution in [0.1, 0.15) is 30.3 Å². The van der Waals surface area contributed by atoms with E-state index in [1.54, 1.807) is 12.3 Å². The molecule has 0 saturated heterocycles. The van der Waals surface area contributed by atoms with E-state index in [9.17, 15) is 4.79 Å². The number of aromatic nitrogens is 3. The number of unbranched alkanes of at least 4 members (excludes halogenated alkanes) is 1. The molecule has 0 unspecified atom stereocenters. The third-order valence-electron chi connectivity index (χ3n) is 2.88. The molecule has 0 aliphatic rings. The number of nitrogens with two attached hydrogens (primary N) is 1. The maximum atomic E-state index is 11.3. The smallest absolute Gasteiger partial charge is 0.178 e. The number of ketones is 1. The summed E-state index contributed by atoms with van der Waals surface area (Å²) < 4.78 is 1.88. The lowest BCUT2D eigenvalue weighted by molar-refractivity contribution is 0.101. The van der Waals surface area contributed by atoms with Crippen LogP contribution < -0.4 is 5.73 Å². The second-order valence-corrected chi connectivity index (χ2v) is 4.45. The van der Waals surface area contributed by atoms with E-state index >= 15 is 0 Å². The van der Waals surface area contributed by atoms with E-state index < -0.39 is 0 Å². The Morgan fingerprint density at radius 1 is 1.37 bits per heavy atom. The molecule has 0 fully saturated rings. The van der Waals surface area contributed by atoms with Gasteiger partial charge in [-0.25, -0.2) is 4.98 Å². The van der Waals surface area contributed by atoms with Crippen LogP contribution in [-0.2, 0) is 6.54 Å². The van der Waals surface area contributed by atoms with Crippen molar-refractivity contribution in [3.05, 3.63) is 36.3 Å². The van der Waals surface area contributed by atoms with Crippen molar-refractivity contribution in [1.29, 1.82) is 0 Å². The van der Waals surface area contributed by atoms with Crippen LogP contribution in [0.15, 0.2) is 30.6 Å². The fourth-order valence-electron chi connectivity index (χ4n) is 1.83. The minimum atomic E-state index is -0.0304. The van der Waals surface area contributed by atoms with E-state index in [-0.39, 0.29) is 5.78 Å². The highest BCUT2D eigenvalue weighted by Gasteiger charge is 2.06. The van der Waals surface area contributed by atoms with Crippen molar-refractivity contribution in [3.63, 3.8) is 0 Å². The monoisotopic (exact) mass is 258 g/mol. The fraction of sp³-hybridized carbons (Fsp3) is 0.357. The molecular formula is C14H18N4O. The number of nitrogens with zero attached hydrogens (tertiary/aromatic N) is 3. The van der Waals surface area contributed by atoms with E-state index in [4.69, 9.17) is 5.73 Å². The van der Waals surface area contributed by atoms with Gasteiger partial charge in [-0.2, -0.15) is 5.10 Å². The predicted molar refractivity (Wildman–Crippen MR) is 73.8 cm³/mol. The second kappa shape index (κ2) is 6.24. The first kappa shape index (κ1) is 13.4. The Bertz CT molecular complexity index is 562. The number of pyridine rings is 1. The molecule has 0 radical (unpaired) electrons. The van der Waals surface area contributed by atoms with Crippen LogP contribution in [0.4, 0.5) is 0 Å². The average molecular weight is 258 g/mol. The van der Waals surface area contributed by atoms with Gasteiger partial charge in [-0.1, -0.05) is 6.07 Å². The molecule has 2 aromatic rings. The van der Waals surface area contributed by atoms with Crippen LogP contribution in [0.3, 0.4) is 0 Å². The summed E-state index contributed by atoms with van der Waals surface area (Å²) in [6.07, 6.45) is 5.73. The van der Waals surface area contributed by atoms with E-state index in [0.717, 1.165) is 30.6 Å². The average Bonchev–Trinajstić information content (AvgIpc) is 2.88. The zero-order valence-corrected chi connectivity index (χ0v) is 11.0. The highest BCUT2D eigenvalue weighted by Crippen LogP contribution is 2.16. The zero-order chi connectivity index (χ0) is 13.7. The van der Waals surface area contributed by atoms with E-state index in [2.05, 4.69) is 10.1 Å². The molecule has 0 amide bonds. The molecule has 100 valence electrons. The highest BCUT2D eigenvalue weighted by atomic mass is 16.1. The molecule has 0 aliphatic heterocycles. The SMILES string of the molecule is CC(=O)c1cccc(-c2cnn(CCCCN)c2)n1. The lowest BCUT2D eigenvalue weighted by Crippen LogP contribution is -2.03. The minimum Gasteiger partial charge on any atom is -0.330 e. The van der Waals surface area contributed by atoms with Crippen molar-refractivity contribution >= 4 is 5.78 Å². The highest BCUT2D eigenvalue weighted by molar-refractivity contribution is 5.92. The number of carbonyl (C=O) groups excluding carboxylic acids is 1. The largest absolute Gasteiger partial charge is 0.330 e. The van der Waals surface area contributed by atoms with Crippen LogP contribution in [0, 0.1) is 0 Å². The Morgan fingerprint density at radius 2 is 2.21 bits per heavy atom. The number of carbonyl (C=O) groups is 1. The van der Waals surface area contributed by atoms with Gasteiger partial charge in [0.1, 0.15) is 5.69 Å². The molecule has 0 atom stereocenters. The van der Waals surface area contributed by atoms with E-state index in [1.807, 2.05) is 23.0 Å². The first-order valence-electron chi connectivity index (χ1n) is 6.41. The molecule has 5 nitrogen and oxygen atoms in total. The lowest BCUT2D eigenvalue weighted by atomic mass is 10.2. The number of hydrogen-bond acceptors (Lipinski definition) is 4. The third-order valence-corrected chi connectivity index (χ3v) is 2.88. The molecule has 2 rings (SSSR count). The molecule has 2 N–H and O–H groups in total. The van der Waals surface area contributed by atoms with Crippen molar-refractivity contribution in [2.75, 3.05) is 6.54 Å². The van der Waals surface area contributed by atoms with Crippen LogP contribution in [0.25, 0.3) is 11.3 Å². The summed E-state index contributed by atoms with van der Waals surface area (Å²) in [6.45, 7) is 3.07. The Labute approximate surface area is 112 Å². The van der Waals surface area contributed by atoms with Crippen molar-refractivity contribution in [2.24, 2.45) is 5.73 Å².